The van der Waals surface area contributed by atoms with Crippen LogP contribution in [0.1, 0.15) is 31.6 Å². The van der Waals surface area contributed by atoms with E-state index in [1.54, 1.807) is 6.20 Å². The van der Waals surface area contributed by atoms with Gasteiger partial charge >= 0.3 is 0 Å². The summed E-state index contributed by atoms with van der Waals surface area (Å²) in [6.07, 6.45) is 3.28. The van der Waals surface area contributed by atoms with Crippen molar-refractivity contribution >= 4 is 28.5 Å². The first-order valence-corrected chi connectivity index (χ1v) is 10.5. The van der Waals surface area contributed by atoms with Crippen molar-refractivity contribution in [3.63, 3.8) is 0 Å². The molecule has 0 radical (unpaired) electrons. The minimum atomic E-state index is 0. The third kappa shape index (κ3) is 3.74. The number of hydrogen-bond donors (Lipinski definition) is 2. The second-order valence-electron chi connectivity index (χ2n) is 8.06. The molecule has 4 aromatic rings. The van der Waals surface area contributed by atoms with Crippen molar-refractivity contribution in [2.75, 3.05) is 23.7 Å². The van der Waals surface area contributed by atoms with Crippen LogP contribution < -0.4 is 10.6 Å². The molecule has 0 bridgehead atoms. The fourth-order valence-corrected chi connectivity index (χ4v) is 4.16. The Balaban J connectivity index is 0.00000153. The molecule has 5 rings (SSSR count). The van der Waals surface area contributed by atoms with Crippen LogP contribution in [0.2, 0.25) is 0 Å². The van der Waals surface area contributed by atoms with Gasteiger partial charge in [-0.15, -0.1) is 0 Å². The lowest BCUT2D eigenvalue weighted by atomic mass is 9.89. The van der Waals surface area contributed by atoms with Crippen LogP contribution in [0.5, 0.6) is 0 Å². The molecule has 1 fully saturated rings. The van der Waals surface area contributed by atoms with E-state index in [1.807, 2.05) is 55.5 Å². The normalized spacial score (nSPS) is 14.8. The van der Waals surface area contributed by atoms with Gasteiger partial charge in [-0.2, -0.15) is 0 Å². The van der Waals surface area contributed by atoms with E-state index in [-0.39, 0.29) is 14.6 Å². The Kier molecular flexibility index (Phi) is 4.86. The molecule has 0 amide bonds. The van der Waals surface area contributed by atoms with E-state index in [0.29, 0.717) is 17.3 Å². The predicted octanol–water partition coefficient (Wildman–Crippen LogP) is 4.50. The molecule has 160 valence electrons. The van der Waals surface area contributed by atoms with Crippen LogP contribution in [-0.2, 0) is 0 Å². The third-order valence-electron chi connectivity index (χ3n) is 5.90. The zero-order chi connectivity index (χ0) is 21.4. The van der Waals surface area contributed by atoms with Gasteiger partial charge in [-0.05, 0) is 37.5 Å². The number of carbonyl (C=O) groups excluding carboxylic acids is 1. The first-order valence-electron chi connectivity index (χ1n) is 10.5. The van der Waals surface area contributed by atoms with Crippen LogP contribution in [0, 0.1) is 12.8 Å². The molecule has 7 heteroatoms. The van der Waals surface area contributed by atoms with Crippen molar-refractivity contribution in [3.8, 4) is 11.5 Å². The number of hydrogen-bond acceptors (Lipinski definition) is 6. The number of imidazole rings is 1. The fraction of sp³-hybridized carbons (Fsp3) is 0.250. The minimum absolute atomic E-state index is 0. The van der Waals surface area contributed by atoms with Gasteiger partial charge in [0, 0.05) is 27.4 Å². The first kappa shape index (κ1) is 19.2. The topological polar surface area (TPSA) is 101 Å². The summed E-state index contributed by atoms with van der Waals surface area (Å²) in [5, 5.41) is 0. The number of nitrogens with zero attached hydrogens (tertiary/aromatic N) is 4. The molecule has 3 heterocycles. The molecule has 1 aliphatic heterocycles. The number of fused-ring (bicyclic) bond motifs is 1. The van der Waals surface area contributed by atoms with Crippen LogP contribution in [0.3, 0.4) is 0 Å². The quantitative estimate of drug-likeness (QED) is 0.475. The molecule has 0 unspecified atom stereocenters. The van der Waals surface area contributed by atoms with Crippen LogP contribution in [-0.4, -0.2) is 38.8 Å². The average Bonchev–Trinajstić information content (AvgIpc) is 3.22. The SMILES string of the molecule is Cc1ccc2nc(-c3nc(N4CCC(C(=O)c5ccccc5)CC4)cnc3N)[nH]c2c1.[HH].[HH]. The Morgan fingerprint density at radius 1 is 1.13 bits per heavy atom. The van der Waals surface area contributed by atoms with Gasteiger partial charge in [0.05, 0.1) is 17.2 Å². The lowest BCUT2D eigenvalue weighted by Crippen LogP contribution is -2.37. The Hall–Kier alpha value is -3.74. The Bertz CT molecular complexity index is 1250. The van der Waals surface area contributed by atoms with Gasteiger partial charge in [0.1, 0.15) is 5.82 Å². The number of nitrogens with one attached hydrogen (secondary N) is 1. The van der Waals surface area contributed by atoms with E-state index in [9.17, 15) is 4.79 Å². The second kappa shape index (κ2) is 7.83. The number of H-pyrrole nitrogens is 1. The van der Waals surface area contributed by atoms with E-state index in [1.165, 1.54) is 0 Å². The van der Waals surface area contributed by atoms with Crippen molar-refractivity contribution in [2.45, 2.75) is 19.8 Å². The highest BCUT2D eigenvalue weighted by atomic mass is 16.1. The van der Waals surface area contributed by atoms with Crippen molar-refractivity contribution < 1.29 is 7.65 Å². The molecular weight excluding hydrogens is 388 g/mol. The monoisotopic (exact) mass is 416 g/mol. The number of nitrogen functional groups attached to an aromatic ring is 1. The summed E-state index contributed by atoms with van der Waals surface area (Å²) in [5.74, 6) is 1.97. The van der Waals surface area contributed by atoms with Crippen LogP contribution in [0.4, 0.5) is 11.6 Å². The highest BCUT2D eigenvalue weighted by molar-refractivity contribution is 5.98. The molecule has 0 aliphatic carbocycles. The number of anilines is 2. The lowest BCUT2D eigenvalue weighted by Gasteiger charge is -2.32. The molecule has 1 aliphatic rings. The first-order chi connectivity index (χ1) is 15.1. The number of aromatic nitrogens is 4. The second-order valence-corrected chi connectivity index (χ2v) is 8.06. The van der Waals surface area contributed by atoms with Crippen molar-refractivity contribution in [1.82, 2.24) is 19.9 Å². The van der Waals surface area contributed by atoms with Gasteiger partial charge in [0.15, 0.2) is 23.1 Å². The number of rotatable bonds is 4. The Labute approximate surface area is 183 Å². The summed E-state index contributed by atoms with van der Waals surface area (Å²) in [5.41, 5.74) is 10.4. The summed E-state index contributed by atoms with van der Waals surface area (Å²) < 4.78 is 0. The van der Waals surface area contributed by atoms with Crippen LogP contribution >= 0.6 is 0 Å². The van der Waals surface area contributed by atoms with Gasteiger partial charge in [-0.25, -0.2) is 15.0 Å². The molecule has 2 aromatic heterocycles. The van der Waals surface area contributed by atoms with Gasteiger partial charge < -0.3 is 15.6 Å². The smallest absolute Gasteiger partial charge is 0.166 e. The summed E-state index contributed by atoms with van der Waals surface area (Å²) in [6.45, 7) is 3.54. The molecule has 0 saturated carbocycles. The summed E-state index contributed by atoms with van der Waals surface area (Å²) in [6, 6.07) is 15.6. The highest BCUT2D eigenvalue weighted by Gasteiger charge is 2.27. The van der Waals surface area contributed by atoms with Crippen molar-refractivity contribution in [3.05, 3.63) is 65.9 Å². The van der Waals surface area contributed by atoms with Gasteiger partial charge in [0.2, 0.25) is 0 Å². The third-order valence-corrected chi connectivity index (χ3v) is 5.90. The van der Waals surface area contributed by atoms with Crippen molar-refractivity contribution in [1.29, 1.82) is 0 Å². The maximum Gasteiger partial charge on any atom is 0.166 e. The zero-order valence-electron chi connectivity index (χ0n) is 17.4. The molecule has 0 spiro atoms. The van der Waals surface area contributed by atoms with Gasteiger partial charge in [0.25, 0.3) is 0 Å². The molecule has 1 saturated heterocycles. The number of nitrogens with two attached hydrogens (primary N) is 1. The van der Waals surface area contributed by atoms with Crippen LogP contribution in [0.15, 0.2) is 54.7 Å². The standard InChI is InChI=1S/C24H24N6O.2H2/c1-15-7-8-18-19(13-15)28-24(27-18)21-23(25)26-14-20(29-21)30-11-9-17(10-12-30)22(31)16-5-3-2-4-6-16;;/h2-8,13-14,17H,9-12H2,1H3,(H2,25,26)(H,27,28);2*1H. The molecule has 7 nitrogen and oxygen atoms in total. The number of Topliss-reactive ketones (excluding diaryl/α,β-unsaturated/α-hetero) is 1. The molecule has 3 N–H and O–H groups in total. The van der Waals surface area contributed by atoms with Gasteiger partial charge in [-0.1, -0.05) is 36.4 Å². The molecular formula is C24H28N6O. The predicted molar refractivity (Wildman–Crippen MR) is 126 cm³/mol. The largest absolute Gasteiger partial charge is 0.382 e. The maximum atomic E-state index is 12.8. The van der Waals surface area contributed by atoms with E-state index in [2.05, 4.69) is 19.9 Å². The van der Waals surface area contributed by atoms with Crippen molar-refractivity contribution in [2.24, 2.45) is 5.92 Å². The van der Waals surface area contributed by atoms with E-state index in [0.717, 1.165) is 53.9 Å². The number of aromatic amines is 1. The Morgan fingerprint density at radius 2 is 1.90 bits per heavy atom. The summed E-state index contributed by atoms with van der Waals surface area (Å²) in [7, 11) is 0. The fourth-order valence-electron chi connectivity index (χ4n) is 4.16. The number of benzene rings is 2. The average molecular weight is 417 g/mol. The van der Waals surface area contributed by atoms with E-state index in [4.69, 9.17) is 10.7 Å². The molecule has 31 heavy (non-hydrogen) atoms. The lowest BCUT2D eigenvalue weighted by molar-refractivity contribution is 0.0900. The van der Waals surface area contributed by atoms with E-state index >= 15 is 0 Å². The molecule has 0 atom stereocenters. The van der Waals surface area contributed by atoms with E-state index < -0.39 is 0 Å². The maximum absolute atomic E-state index is 12.8. The number of piperidine rings is 1. The number of ketones is 1. The Morgan fingerprint density at radius 3 is 2.68 bits per heavy atom. The van der Waals surface area contributed by atoms with Gasteiger partial charge in [-0.3, -0.25) is 4.79 Å². The minimum Gasteiger partial charge on any atom is -0.382 e. The summed E-state index contributed by atoms with van der Waals surface area (Å²) in [4.78, 5) is 32.0. The summed E-state index contributed by atoms with van der Waals surface area (Å²) >= 11 is 0. The number of carbonyl (C=O) groups is 1. The van der Waals surface area contributed by atoms with Crippen LogP contribution in [0.25, 0.3) is 22.6 Å². The zero-order valence-corrected chi connectivity index (χ0v) is 17.4. The molecule has 2 aromatic carbocycles. The highest BCUT2D eigenvalue weighted by Crippen LogP contribution is 2.28. The number of aryl methyl sites for hydroxylation is 1.